The van der Waals surface area contributed by atoms with Crippen molar-refractivity contribution in [1.82, 2.24) is 19.7 Å². The molecule has 4 heterocycles. The number of halogens is 6. The lowest BCUT2D eigenvalue weighted by atomic mass is 10.1. The molecule has 0 unspecified atom stereocenters. The van der Waals surface area contributed by atoms with Gasteiger partial charge in [0.2, 0.25) is 5.88 Å². The number of ether oxygens (including phenoxy) is 2. The first-order valence-electron chi connectivity index (χ1n) is 12.4. The molecule has 1 aromatic carbocycles. The molecule has 0 fully saturated rings. The lowest BCUT2D eigenvalue weighted by molar-refractivity contribution is -0.193. The minimum Gasteiger partial charge on any atom is -0.475 e. The zero-order valence-corrected chi connectivity index (χ0v) is 23.9. The number of benzene rings is 1. The molecule has 0 saturated heterocycles. The quantitative estimate of drug-likeness (QED) is 0.203. The Morgan fingerprint density at radius 1 is 0.913 bits per heavy atom. The van der Waals surface area contributed by atoms with E-state index in [0.29, 0.717) is 34.2 Å². The highest BCUT2D eigenvalue weighted by molar-refractivity contribution is 7.18. The Morgan fingerprint density at radius 2 is 1.50 bits per heavy atom. The smallest absolute Gasteiger partial charge is 0.475 e. The first kappa shape index (κ1) is 35.0. The summed E-state index contributed by atoms with van der Waals surface area (Å²) < 4.78 is 77.2. The van der Waals surface area contributed by atoms with Crippen LogP contribution in [0.3, 0.4) is 0 Å². The molecule has 0 aliphatic heterocycles. The van der Waals surface area contributed by atoms with Gasteiger partial charge in [0, 0.05) is 36.5 Å². The van der Waals surface area contributed by atoms with Crippen molar-refractivity contribution in [3.05, 3.63) is 94.5 Å². The number of carbonyl (C=O) groups is 2. The van der Waals surface area contributed by atoms with Crippen LogP contribution in [-0.2, 0) is 23.2 Å². The van der Waals surface area contributed by atoms with Crippen LogP contribution in [0.4, 0.5) is 26.3 Å². The fourth-order valence-electron chi connectivity index (χ4n) is 3.28. The average Bonchev–Trinajstić information content (AvgIpc) is 3.46. The molecule has 18 heteroatoms. The highest BCUT2D eigenvalue weighted by atomic mass is 32.1. The summed E-state index contributed by atoms with van der Waals surface area (Å²) in [4.78, 5) is 39.0. The molecule has 0 aliphatic rings. The Balaban J connectivity index is 0.000000345. The number of aliphatic carboxylic acids is 2. The van der Waals surface area contributed by atoms with Gasteiger partial charge in [-0.2, -0.15) is 26.3 Å². The number of rotatable bonds is 6. The molecule has 5 rings (SSSR count). The Bertz CT molecular complexity index is 1810. The van der Waals surface area contributed by atoms with Crippen molar-refractivity contribution in [2.45, 2.75) is 19.0 Å². The van der Waals surface area contributed by atoms with E-state index < -0.39 is 24.3 Å². The van der Waals surface area contributed by atoms with Crippen LogP contribution in [0.1, 0.15) is 5.56 Å². The number of pyridine rings is 2. The normalized spacial score (nSPS) is 11.0. The number of carboxylic acids is 2. The van der Waals surface area contributed by atoms with Gasteiger partial charge in [0.1, 0.15) is 17.1 Å². The molecule has 0 amide bonds. The van der Waals surface area contributed by atoms with E-state index >= 15 is 0 Å². The maximum Gasteiger partial charge on any atom is 0.490 e. The lowest BCUT2D eigenvalue weighted by Crippen LogP contribution is -2.21. The summed E-state index contributed by atoms with van der Waals surface area (Å²) in [5.41, 5.74) is 2.64. The van der Waals surface area contributed by atoms with E-state index in [9.17, 15) is 31.1 Å². The predicted molar refractivity (Wildman–Crippen MR) is 151 cm³/mol. The Kier molecular flexibility index (Phi) is 11.4. The van der Waals surface area contributed by atoms with Crippen LogP contribution < -0.4 is 15.0 Å². The second kappa shape index (κ2) is 15.0. The van der Waals surface area contributed by atoms with E-state index in [1.807, 2.05) is 47.8 Å². The predicted octanol–water partition coefficient (Wildman–Crippen LogP) is 6.09. The first-order valence-corrected chi connectivity index (χ1v) is 13.3. The standard InChI is InChI=1S/C24H18N4O3S.2C2HF3O2/c1-28-24(29)21-19(17-9-11-25-12-10-17)15-32-22(21)23(27-28)31-18-7-8-20(26-13-18)30-14-16-5-3-2-4-6-16;2*3-2(4,5)1(6)7/h2-13,15H,14H2,1H3;2*(H,6,7). The van der Waals surface area contributed by atoms with Crippen molar-refractivity contribution in [2.75, 3.05) is 0 Å². The van der Waals surface area contributed by atoms with Gasteiger partial charge in [0.25, 0.3) is 11.4 Å². The maximum atomic E-state index is 12.8. The highest BCUT2D eigenvalue weighted by Gasteiger charge is 2.38. The molecule has 0 spiro atoms. The molecule has 2 N–H and O–H groups in total. The Morgan fingerprint density at radius 3 is 2.02 bits per heavy atom. The van der Waals surface area contributed by atoms with Gasteiger partial charge >= 0.3 is 24.3 Å². The molecular formula is C28H20F6N4O7S. The summed E-state index contributed by atoms with van der Waals surface area (Å²) in [5, 5.41) is 21.1. The van der Waals surface area contributed by atoms with E-state index in [1.165, 1.54) is 16.0 Å². The SMILES string of the molecule is Cn1nc(Oc2ccc(OCc3ccccc3)nc2)c2scc(-c3ccncc3)c2c1=O.O=C(O)C(F)(F)F.O=C(O)C(F)(F)F. The van der Waals surface area contributed by atoms with Crippen LogP contribution in [0.2, 0.25) is 0 Å². The number of aryl methyl sites for hydroxylation is 1. The van der Waals surface area contributed by atoms with Gasteiger partial charge in [-0.05, 0) is 29.3 Å². The third-order valence-electron chi connectivity index (χ3n) is 5.36. The number of hydrogen-bond donors (Lipinski definition) is 2. The summed E-state index contributed by atoms with van der Waals surface area (Å²) >= 11 is 1.42. The molecule has 0 atom stereocenters. The molecule has 11 nitrogen and oxygen atoms in total. The van der Waals surface area contributed by atoms with E-state index in [4.69, 9.17) is 29.3 Å². The van der Waals surface area contributed by atoms with E-state index in [0.717, 1.165) is 16.7 Å². The number of nitrogens with zero attached hydrogens (tertiary/aromatic N) is 4. The van der Waals surface area contributed by atoms with Crippen molar-refractivity contribution in [2.24, 2.45) is 7.05 Å². The highest BCUT2D eigenvalue weighted by Crippen LogP contribution is 2.37. The average molecular weight is 671 g/mol. The van der Waals surface area contributed by atoms with Crippen LogP contribution in [-0.4, -0.2) is 54.3 Å². The van der Waals surface area contributed by atoms with Gasteiger partial charge in [-0.15, -0.1) is 16.4 Å². The number of fused-ring (bicyclic) bond motifs is 1. The number of hydrogen-bond acceptors (Lipinski definition) is 9. The number of aromatic nitrogens is 4. The largest absolute Gasteiger partial charge is 0.490 e. The third kappa shape index (κ3) is 9.74. The molecule has 242 valence electrons. The number of thiophene rings is 1. The van der Waals surface area contributed by atoms with Crippen LogP contribution >= 0.6 is 11.3 Å². The Hall–Kier alpha value is -5.52. The summed E-state index contributed by atoms with van der Waals surface area (Å²) in [6.45, 7) is 0.435. The molecule has 0 saturated carbocycles. The van der Waals surface area contributed by atoms with Crippen LogP contribution in [0.15, 0.2) is 83.4 Å². The summed E-state index contributed by atoms with van der Waals surface area (Å²) in [7, 11) is 1.61. The van der Waals surface area contributed by atoms with Crippen LogP contribution in [0.25, 0.3) is 21.2 Å². The lowest BCUT2D eigenvalue weighted by Gasteiger charge is -2.09. The van der Waals surface area contributed by atoms with Crippen molar-refractivity contribution in [3.8, 4) is 28.6 Å². The van der Waals surface area contributed by atoms with E-state index in [1.54, 1.807) is 37.8 Å². The van der Waals surface area contributed by atoms with Crippen molar-refractivity contribution in [3.63, 3.8) is 0 Å². The van der Waals surface area contributed by atoms with Gasteiger partial charge in [-0.3, -0.25) is 9.78 Å². The molecule has 0 bridgehead atoms. The minimum absolute atomic E-state index is 0.178. The zero-order chi connectivity index (χ0) is 34.1. The van der Waals surface area contributed by atoms with Crippen LogP contribution in [0.5, 0.6) is 17.5 Å². The van der Waals surface area contributed by atoms with Gasteiger partial charge in [-0.25, -0.2) is 19.3 Å². The van der Waals surface area contributed by atoms with Crippen molar-refractivity contribution in [1.29, 1.82) is 0 Å². The summed E-state index contributed by atoms with van der Waals surface area (Å²) in [6, 6.07) is 17.2. The monoisotopic (exact) mass is 670 g/mol. The number of carboxylic acid groups (broad SMARTS) is 2. The molecule has 5 aromatic rings. The fourth-order valence-corrected chi connectivity index (χ4v) is 4.27. The Labute approximate surface area is 257 Å². The third-order valence-corrected chi connectivity index (χ3v) is 6.33. The van der Waals surface area contributed by atoms with E-state index in [-0.39, 0.29) is 5.56 Å². The van der Waals surface area contributed by atoms with Crippen molar-refractivity contribution < 1.29 is 55.6 Å². The van der Waals surface area contributed by atoms with Crippen molar-refractivity contribution >= 4 is 33.4 Å². The van der Waals surface area contributed by atoms with Gasteiger partial charge < -0.3 is 19.7 Å². The van der Waals surface area contributed by atoms with Gasteiger partial charge in [0.15, 0.2) is 0 Å². The van der Waals surface area contributed by atoms with E-state index in [2.05, 4.69) is 15.1 Å². The summed E-state index contributed by atoms with van der Waals surface area (Å²) in [6.07, 6.45) is -5.18. The summed E-state index contributed by atoms with van der Waals surface area (Å²) in [5.74, 6) is -4.16. The maximum absolute atomic E-state index is 12.8. The molecule has 4 aromatic heterocycles. The fraction of sp³-hybridized carbons (Fsp3) is 0.143. The molecule has 46 heavy (non-hydrogen) atoms. The molecular weight excluding hydrogens is 650 g/mol. The topological polar surface area (TPSA) is 154 Å². The second-order valence-corrected chi connectivity index (χ2v) is 9.52. The minimum atomic E-state index is -5.08. The zero-order valence-electron chi connectivity index (χ0n) is 23.1. The first-order chi connectivity index (χ1) is 21.6. The molecule has 0 radical (unpaired) electrons. The number of alkyl halides is 6. The van der Waals surface area contributed by atoms with Crippen LogP contribution in [0, 0.1) is 0 Å². The van der Waals surface area contributed by atoms with Gasteiger partial charge in [-0.1, -0.05) is 30.3 Å². The van der Waals surface area contributed by atoms with Gasteiger partial charge in [0.05, 0.1) is 11.6 Å². The molecule has 0 aliphatic carbocycles. The second-order valence-electron chi connectivity index (χ2n) is 8.64.